The third-order valence-electron chi connectivity index (χ3n) is 10.3. The van der Waals surface area contributed by atoms with Crippen LogP contribution in [-0.4, -0.2) is 61.8 Å². The number of carbonyl (C=O) groups is 3. The van der Waals surface area contributed by atoms with Gasteiger partial charge in [0.2, 0.25) is 0 Å². The van der Waals surface area contributed by atoms with Crippen molar-refractivity contribution in [2.45, 2.75) is 251 Å². The topological polar surface area (TPSA) is 93.1 Å². The summed E-state index contributed by atoms with van der Waals surface area (Å²) in [5, 5.41) is 8.21. The molecule has 0 aromatic rings. The Morgan fingerprint density at radius 3 is 0.870 bits per heavy atom. The Balaban J connectivity index is 0. The van der Waals surface area contributed by atoms with Crippen LogP contribution < -0.4 is 0 Å². The number of nitrogens with zero attached hydrogens (tertiary/aromatic N) is 1. The molecule has 1 N–H and O–H groups in total. The fourth-order valence-corrected chi connectivity index (χ4v) is 6.74. The number of carbonyl (C=O) groups excluding carboxylic acids is 2. The Bertz CT molecular complexity index is 723. The summed E-state index contributed by atoms with van der Waals surface area (Å²) in [6.45, 7) is 6.45. The minimum absolute atomic E-state index is 0.179. The van der Waals surface area contributed by atoms with E-state index in [-0.39, 0.29) is 18.4 Å². The second-order valence-corrected chi connectivity index (χ2v) is 16.2. The minimum Gasteiger partial charge on any atom is -0.481 e. The van der Waals surface area contributed by atoms with Gasteiger partial charge in [0.25, 0.3) is 0 Å². The van der Waals surface area contributed by atoms with E-state index in [1.165, 1.54) is 180 Å². The lowest BCUT2D eigenvalue weighted by atomic mass is 10.0. The van der Waals surface area contributed by atoms with Gasteiger partial charge in [-0.3, -0.25) is 14.4 Å². The van der Waals surface area contributed by atoms with Crippen molar-refractivity contribution >= 4 is 17.9 Å². The van der Waals surface area contributed by atoms with Crippen molar-refractivity contribution in [2.24, 2.45) is 0 Å². The van der Waals surface area contributed by atoms with E-state index in [1.54, 1.807) is 0 Å². The first-order valence-electron chi connectivity index (χ1n) is 23.5. The molecule has 0 saturated heterocycles. The van der Waals surface area contributed by atoms with Crippen molar-refractivity contribution < 1.29 is 29.0 Å². The summed E-state index contributed by atoms with van der Waals surface area (Å²) in [5.74, 6) is -1.07. The van der Waals surface area contributed by atoms with Gasteiger partial charge < -0.3 is 19.5 Å². The van der Waals surface area contributed by atoms with Crippen LogP contribution in [-0.2, 0) is 23.9 Å². The van der Waals surface area contributed by atoms with Gasteiger partial charge >= 0.3 is 17.9 Å². The van der Waals surface area contributed by atoms with Gasteiger partial charge in [0.15, 0.2) is 0 Å². The summed E-state index contributed by atoms with van der Waals surface area (Å²) >= 11 is 0. The average molecular weight is 768 g/mol. The summed E-state index contributed by atoms with van der Waals surface area (Å²) in [4.78, 5) is 35.8. The highest BCUT2D eigenvalue weighted by Crippen LogP contribution is 2.15. The molecule has 0 aliphatic rings. The number of aliphatic carboxylic acids is 1. The van der Waals surface area contributed by atoms with Crippen molar-refractivity contribution in [3.63, 3.8) is 0 Å². The molecule has 7 nitrogen and oxygen atoms in total. The van der Waals surface area contributed by atoms with E-state index in [1.807, 2.05) is 19.0 Å². The zero-order chi connectivity index (χ0) is 40.0. The van der Waals surface area contributed by atoms with Crippen molar-refractivity contribution in [1.82, 2.24) is 4.90 Å². The van der Waals surface area contributed by atoms with Crippen LogP contribution in [0.25, 0.3) is 0 Å². The van der Waals surface area contributed by atoms with Crippen LogP contribution in [0.5, 0.6) is 0 Å². The molecule has 0 spiro atoms. The molecule has 322 valence electrons. The van der Waals surface area contributed by atoms with E-state index in [0.717, 1.165) is 38.6 Å². The molecule has 0 bridgehead atoms. The minimum atomic E-state index is -0.711. The zero-order valence-corrected chi connectivity index (χ0v) is 36.7. The zero-order valence-electron chi connectivity index (χ0n) is 36.7. The molecule has 0 unspecified atom stereocenters. The molecule has 0 rings (SSSR count). The standard InChI is InChI=1S/C41H80O4.C6H13NO2/c1-3-5-7-9-11-13-15-17-19-21-23-25-27-29-31-33-38-44-40(42)36-35-37-41(43)45-39-34-32-30-28-26-24-22-20-18-16-14-12-10-8-6-4-2;1-7(2)5-3-4-6(8)9/h3-39H2,1-2H3;3-5H2,1-2H3,(H,8,9). The molecule has 7 heteroatoms. The first-order chi connectivity index (χ1) is 26.3. The fourth-order valence-electron chi connectivity index (χ4n) is 6.74. The van der Waals surface area contributed by atoms with Gasteiger partial charge in [0, 0.05) is 19.3 Å². The summed E-state index contributed by atoms with van der Waals surface area (Å²) in [7, 11) is 3.86. The number of hydrogen-bond donors (Lipinski definition) is 1. The number of esters is 2. The molecule has 0 fully saturated rings. The molecule has 0 radical (unpaired) electrons. The van der Waals surface area contributed by atoms with Gasteiger partial charge in [-0.15, -0.1) is 0 Å². The molecule has 0 amide bonds. The first-order valence-corrected chi connectivity index (χ1v) is 23.5. The van der Waals surface area contributed by atoms with Crippen LogP contribution in [0.2, 0.25) is 0 Å². The summed E-state index contributed by atoms with van der Waals surface area (Å²) in [5.41, 5.74) is 0. The largest absolute Gasteiger partial charge is 0.481 e. The third-order valence-corrected chi connectivity index (χ3v) is 10.3. The van der Waals surface area contributed by atoms with Crippen LogP contribution in [0.1, 0.15) is 251 Å². The molecular weight excluding hydrogens is 675 g/mol. The molecule has 0 aromatic heterocycles. The van der Waals surface area contributed by atoms with E-state index >= 15 is 0 Å². The smallest absolute Gasteiger partial charge is 0.305 e. The Kier molecular flexibility index (Phi) is 47.9. The number of ether oxygens (including phenoxy) is 2. The van der Waals surface area contributed by atoms with Gasteiger partial charge in [-0.2, -0.15) is 0 Å². The maximum Gasteiger partial charge on any atom is 0.305 e. The highest BCUT2D eigenvalue weighted by Gasteiger charge is 2.07. The summed E-state index contributed by atoms with van der Waals surface area (Å²) in [6, 6.07) is 0. The predicted octanol–water partition coefficient (Wildman–Crippen LogP) is 14.2. The maximum absolute atomic E-state index is 11.9. The van der Waals surface area contributed by atoms with Crippen LogP contribution >= 0.6 is 0 Å². The van der Waals surface area contributed by atoms with E-state index in [9.17, 15) is 14.4 Å². The lowest BCUT2D eigenvalue weighted by Gasteiger charge is -2.06. The van der Waals surface area contributed by atoms with Gasteiger partial charge in [0.05, 0.1) is 13.2 Å². The van der Waals surface area contributed by atoms with Crippen molar-refractivity contribution in [2.75, 3.05) is 33.9 Å². The maximum atomic E-state index is 11.9. The van der Waals surface area contributed by atoms with Gasteiger partial charge in [-0.1, -0.05) is 206 Å². The molecule has 0 aliphatic heterocycles. The van der Waals surface area contributed by atoms with Crippen LogP contribution in [0.4, 0.5) is 0 Å². The molecule has 54 heavy (non-hydrogen) atoms. The Hall–Kier alpha value is -1.63. The molecule has 0 aromatic carbocycles. The van der Waals surface area contributed by atoms with E-state index in [2.05, 4.69) is 13.8 Å². The van der Waals surface area contributed by atoms with Crippen LogP contribution in [0, 0.1) is 0 Å². The Morgan fingerprint density at radius 1 is 0.370 bits per heavy atom. The molecule has 0 atom stereocenters. The van der Waals surface area contributed by atoms with Crippen LogP contribution in [0.3, 0.4) is 0 Å². The fraction of sp³-hybridized carbons (Fsp3) is 0.936. The predicted molar refractivity (Wildman–Crippen MR) is 230 cm³/mol. The lowest BCUT2D eigenvalue weighted by molar-refractivity contribution is -0.145. The van der Waals surface area contributed by atoms with Gasteiger partial charge in [0.1, 0.15) is 0 Å². The quantitative estimate of drug-likeness (QED) is 0.0488. The second kappa shape index (κ2) is 47.5. The monoisotopic (exact) mass is 768 g/mol. The molecule has 0 saturated carbocycles. The number of rotatable bonds is 42. The second-order valence-electron chi connectivity index (χ2n) is 16.2. The first kappa shape index (κ1) is 54.5. The molecule has 0 heterocycles. The average Bonchev–Trinajstić information content (AvgIpc) is 3.14. The number of unbranched alkanes of at least 4 members (excludes halogenated alkanes) is 30. The van der Waals surface area contributed by atoms with Crippen LogP contribution in [0.15, 0.2) is 0 Å². The highest BCUT2D eigenvalue weighted by molar-refractivity contribution is 5.72. The summed E-state index contributed by atoms with van der Waals surface area (Å²) < 4.78 is 10.7. The lowest BCUT2D eigenvalue weighted by Crippen LogP contribution is -2.13. The normalized spacial score (nSPS) is 11.1. The number of carboxylic acid groups (broad SMARTS) is 1. The van der Waals surface area contributed by atoms with E-state index in [4.69, 9.17) is 14.6 Å². The Labute approximate surface area is 336 Å². The molecule has 0 aliphatic carbocycles. The van der Waals surface area contributed by atoms with Crippen molar-refractivity contribution in [3.8, 4) is 0 Å². The van der Waals surface area contributed by atoms with Gasteiger partial charge in [-0.05, 0) is 46.3 Å². The third kappa shape index (κ3) is 52.5. The number of carboxylic acids is 1. The number of hydrogen-bond acceptors (Lipinski definition) is 6. The van der Waals surface area contributed by atoms with Crippen molar-refractivity contribution in [1.29, 1.82) is 0 Å². The SMILES string of the molecule is CCCCCCCCCCCCCCCCCCOC(=O)CCCC(=O)OCCCCCCCCCCCCCCCCCC.CN(C)CCCC(=O)O. The van der Waals surface area contributed by atoms with E-state index < -0.39 is 5.97 Å². The van der Waals surface area contributed by atoms with E-state index in [0.29, 0.717) is 32.5 Å². The Morgan fingerprint density at radius 2 is 0.630 bits per heavy atom. The summed E-state index contributed by atoms with van der Waals surface area (Å²) in [6.07, 6.45) is 45.0. The van der Waals surface area contributed by atoms with Gasteiger partial charge in [-0.25, -0.2) is 0 Å². The molecular formula is C47H93NO6. The van der Waals surface area contributed by atoms with Crippen molar-refractivity contribution in [3.05, 3.63) is 0 Å². The highest BCUT2D eigenvalue weighted by atomic mass is 16.5.